The molecule has 4 rings (SSSR count). The van der Waals surface area contributed by atoms with Crippen molar-refractivity contribution < 1.29 is 28.8 Å². The van der Waals surface area contributed by atoms with E-state index in [0.29, 0.717) is 5.06 Å². The second-order valence-electron chi connectivity index (χ2n) is 6.10. The molecule has 0 saturated carbocycles. The lowest BCUT2D eigenvalue weighted by Gasteiger charge is -2.12. The quantitative estimate of drug-likeness (QED) is 0.596. The summed E-state index contributed by atoms with van der Waals surface area (Å²) in [7, 11) is 0. The summed E-state index contributed by atoms with van der Waals surface area (Å²) in [5, 5.41) is 0.386. The third-order valence-corrected chi connectivity index (χ3v) is 4.45. The summed E-state index contributed by atoms with van der Waals surface area (Å²) in [6.45, 7) is 3.54. The van der Waals surface area contributed by atoms with Crippen molar-refractivity contribution in [3.63, 3.8) is 0 Å². The first-order chi connectivity index (χ1) is 13.4. The maximum atomic E-state index is 12.4. The maximum Gasteiger partial charge on any atom is 0.363 e. The molecule has 8 nitrogen and oxygen atoms in total. The fraction of sp³-hybridized carbons (Fsp3) is 0.0500. The molecule has 2 heterocycles. The average Bonchev–Trinajstić information content (AvgIpc) is 3.09. The van der Waals surface area contributed by atoms with Gasteiger partial charge in [0.25, 0.3) is 23.6 Å². The SMILES string of the molecule is C=CCN1C(=O)c2ccc(C(=O)ON3C(=O)c4ccccc4C3=O)cc2C1=O. The maximum absolute atomic E-state index is 12.4. The van der Waals surface area contributed by atoms with Gasteiger partial charge in [-0.1, -0.05) is 23.3 Å². The average molecular weight is 376 g/mol. The summed E-state index contributed by atoms with van der Waals surface area (Å²) in [6.07, 6.45) is 1.42. The van der Waals surface area contributed by atoms with Gasteiger partial charge in [-0.15, -0.1) is 6.58 Å². The Hall–Kier alpha value is -4.07. The van der Waals surface area contributed by atoms with Gasteiger partial charge in [-0.05, 0) is 30.3 Å². The van der Waals surface area contributed by atoms with Gasteiger partial charge in [0.05, 0.1) is 27.8 Å². The van der Waals surface area contributed by atoms with Crippen molar-refractivity contribution in [1.82, 2.24) is 9.96 Å². The van der Waals surface area contributed by atoms with E-state index in [1.165, 1.54) is 36.4 Å². The number of nitrogens with zero attached hydrogens (tertiary/aromatic N) is 2. The van der Waals surface area contributed by atoms with E-state index in [1.807, 2.05) is 0 Å². The molecule has 8 heteroatoms. The summed E-state index contributed by atoms with van der Waals surface area (Å²) in [6, 6.07) is 9.92. The molecule has 0 unspecified atom stereocenters. The second kappa shape index (κ2) is 6.27. The van der Waals surface area contributed by atoms with E-state index in [-0.39, 0.29) is 34.4 Å². The standard InChI is InChI=1S/C20H12N2O6/c1-2-9-21-16(23)14-8-7-11(10-15(14)17(21)24)20(27)28-22-18(25)12-5-3-4-6-13(12)19(22)26/h2-8,10H,1,9H2. The lowest BCUT2D eigenvalue weighted by molar-refractivity contribution is -0.0584. The molecule has 4 amide bonds. The predicted octanol–water partition coefficient (Wildman–Crippen LogP) is 1.84. The van der Waals surface area contributed by atoms with Crippen LogP contribution in [0.5, 0.6) is 0 Å². The van der Waals surface area contributed by atoms with E-state index in [2.05, 4.69) is 6.58 Å². The number of hydroxylamine groups is 2. The Labute approximate surface area is 158 Å². The molecule has 138 valence electrons. The lowest BCUT2D eigenvalue weighted by Crippen LogP contribution is -2.32. The van der Waals surface area contributed by atoms with Crippen LogP contribution in [-0.2, 0) is 4.84 Å². The molecular weight excluding hydrogens is 364 g/mol. The van der Waals surface area contributed by atoms with Crippen LogP contribution in [0.25, 0.3) is 0 Å². The van der Waals surface area contributed by atoms with Gasteiger partial charge < -0.3 is 4.84 Å². The fourth-order valence-electron chi connectivity index (χ4n) is 3.10. The zero-order chi connectivity index (χ0) is 20.0. The van der Waals surface area contributed by atoms with Gasteiger partial charge in [-0.3, -0.25) is 24.1 Å². The number of hydrogen-bond donors (Lipinski definition) is 0. The Kier molecular flexibility index (Phi) is 3.89. The minimum absolute atomic E-state index is 0.0428. The first-order valence-corrected chi connectivity index (χ1v) is 8.25. The molecule has 0 bridgehead atoms. The first-order valence-electron chi connectivity index (χ1n) is 8.25. The van der Waals surface area contributed by atoms with Crippen LogP contribution >= 0.6 is 0 Å². The van der Waals surface area contributed by atoms with Gasteiger partial charge in [-0.25, -0.2) is 4.79 Å². The van der Waals surface area contributed by atoms with Crippen molar-refractivity contribution in [3.05, 3.63) is 82.9 Å². The van der Waals surface area contributed by atoms with Gasteiger partial charge >= 0.3 is 5.97 Å². The number of rotatable bonds is 4. The molecule has 0 aliphatic carbocycles. The summed E-state index contributed by atoms with van der Waals surface area (Å²) >= 11 is 0. The van der Waals surface area contributed by atoms with E-state index in [4.69, 9.17) is 4.84 Å². The van der Waals surface area contributed by atoms with Crippen LogP contribution in [0.1, 0.15) is 51.8 Å². The molecule has 0 atom stereocenters. The van der Waals surface area contributed by atoms with Gasteiger partial charge in [0.1, 0.15) is 0 Å². The number of fused-ring (bicyclic) bond motifs is 2. The Morgan fingerprint density at radius 1 is 0.857 bits per heavy atom. The fourth-order valence-corrected chi connectivity index (χ4v) is 3.10. The summed E-state index contributed by atoms with van der Waals surface area (Å²) in [5.74, 6) is -3.55. The van der Waals surface area contributed by atoms with Crippen molar-refractivity contribution in [2.24, 2.45) is 0 Å². The number of imide groups is 2. The summed E-state index contributed by atoms with van der Waals surface area (Å²) in [5.41, 5.74) is 0.398. The van der Waals surface area contributed by atoms with Gasteiger partial charge in [0.2, 0.25) is 0 Å². The molecule has 0 aromatic heterocycles. The topological polar surface area (TPSA) is 101 Å². The zero-order valence-corrected chi connectivity index (χ0v) is 14.4. The third kappa shape index (κ3) is 2.43. The van der Waals surface area contributed by atoms with Gasteiger partial charge in [0, 0.05) is 6.54 Å². The predicted molar refractivity (Wildman–Crippen MR) is 94.4 cm³/mol. The van der Waals surface area contributed by atoms with Crippen LogP contribution < -0.4 is 0 Å². The van der Waals surface area contributed by atoms with Gasteiger partial charge in [-0.2, -0.15) is 0 Å². The second-order valence-corrected chi connectivity index (χ2v) is 6.10. The summed E-state index contributed by atoms with van der Waals surface area (Å²) < 4.78 is 0. The van der Waals surface area contributed by atoms with Crippen molar-refractivity contribution in [2.75, 3.05) is 6.54 Å². The minimum atomic E-state index is -1.00. The zero-order valence-electron chi connectivity index (χ0n) is 14.4. The van der Waals surface area contributed by atoms with E-state index in [0.717, 1.165) is 4.90 Å². The Balaban J connectivity index is 1.59. The van der Waals surface area contributed by atoms with Crippen molar-refractivity contribution >= 4 is 29.6 Å². The Morgan fingerprint density at radius 3 is 2.04 bits per heavy atom. The molecule has 0 spiro atoms. The number of benzene rings is 2. The molecule has 0 fully saturated rings. The lowest BCUT2D eigenvalue weighted by atomic mass is 10.1. The third-order valence-electron chi connectivity index (χ3n) is 4.45. The molecule has 0 radical (unpaired) electrons. The number of carbonyl (C=O) groups is 5. The van der Waals surface area contributed by atoms with Crippen LogP contribution in [-0.4, -0.2) is 46.1 Å². The van der Waals surface area contributed by atoms with Crippen LogP contribution in [0.3, 0.4) is 0 Å². The number of amides is 4. The van der Waals surface area contributed by atoms with Crippen LogP contribution in [0, 0.1) is 0 Å². The van der Waals surface area contributed by atoms with Crippen LogP contribution in [0.4, 0.5) is 0 Å². The smallest absolute Gasteiger partial charge is 0.324 e. The number of hydrogen-bond acceptors (Lipinski definition) is 6. The monoisotopic (exact) mass is 376 g/mol. The van der Waals surface area contributed by atoms with Crippen LogP contribution in [0.15, 0.2) is 55.1 Å². The normalized spacial score (nSPS) is 15.0. The first kappa shape index (κ1) is 17.3. The summed E-state index contributed by atoms with van der Waals surface area (Å²) in [4.78, 5) is 67.5. The van der Waals surface area contributed by atoms with E-state index >= 15 is 0 Å². The van der Waals surface area contributed by atoms with Crippen molar-refractivity contribution in [3.8, 4) is 0 Å². The van der Waals surface area contributed by atoms with Crippen LogP contribution in [0.2, 0.25) is 0 Å². The molecule has 2 aromatic rings. The largest absolute Gasteiger partial charge is 0.363 e. The highest BCUT2D eigenvalue weighted by molar-refractivity contribution is 6.22. The van der Waals surface area contributed by atoms with Crippen molar-refractivity contribution in [2.45, 2.75) is 0 Å². The van der Waals surface area contributed by atoms with E-state index in [1.54, 1.807) is 12.1 Å². The minimum Gasteiger partial charge on any atom is -0.324 e. The Morgan fingerprint density at radius 2 is 1.43 bits per heavy atom. The molecule has 28 heavy (non-hydrogen) atoms. The van der Waals surface area contributed by atoms with Crippen molar-refractivity contribution in [1.29, 1.82) is 0 Å². The number of carbonyl (C=O) groups excluding carboxylic acids is 5. The molecule has 2 aliphatic rings. The Bertz CT molecular complexity index is 1070. The van der Waals surface area contributed by atoms with E-state index < -0.39 is 29.6 Å². The highest BCUT2D eigenvalue weighted by atomic mass is 16.7. The molecule has 0 saturated heterocycles. The molecule has 2 aliphatic heterocycles. The highest BCUT2D eigenvalue weighted by Crippen LogP contribution is 2.26. The van der Waals surface area contributed by atoms with E-state index in [9.17, 15) is 24.0 Å². The van der Waals surface area contributed by atoms with Gasteiger partial charge in [0.15, 0.2) is 0 Å². The molecule has 2 aromatic carbocycles. The highest BCUT2D eigenvalue weighted by Gasteiger charge is 2.39. The molecular formula is C20H12N2O6. The molecule has 0 N–H and O–H groups in total.